The van der Waals surface area contributed by atoms with Crippen LogP contribution >= 0.6 is 0 Å². The van der Waals surface area contributed by atoms with Crippen LogP contribution in [0.15, 0.2) is 175 Å². The second kappa shape index (κ2) is 13.0. The number of benzene rings is 6. The fourth-order valence-corrected chi connectivity index (χ4v) is 7.20. The summed E-state index contributed by atoms with van der Waals surface area (Å²) in [4.78, 5) is 9.16. The highest BCUT2D eigenvalue weighted by Gasteiger charge is 2.24. The van der Waals surface area contributed by atoms with E-state index in [1.165, 1.54) is 49.0 Å². The third-order valence-electron chi connectivity index (χ3n) is 9.75. The number of hydrogen-bond acceptors (Lipinski definition) is 5. The van der Waals surface area contributed by atoms with E-state index in [4.69, 9.17) is 5.10 Å². The summed E-state index contributed by atoms with van der Waals surface area (Å²) >= 11 is 0. The van der Waals surface area contributed by atoms with E-state index in [0.717, 1.165) is 33.8 Å². The molecule has 0 bridgehead atoms. The maximum absolute atomic E-state index is 9.20. The molecule has 0 amide bonds. The first-order valence-corrected chi connectivity index (χ1v) is 17.4. The van der Waals surface area contributed by atoms with Gasteiger partial charge in [0, 0.05) is 23.5 Å². The molecule has 1 aliphatic carbocycles. The molecule has 1 aliphatic rings. The summed E-state index contributed by atoms with van der Waals surface area (Å²) in [5.41, 5.74) is 13.7. The van der Waals surface area contributed by atoms with Gasteiger partial charge < -0.3 is 0 Å². The van der Waals surface area contributed by atoms with Crippen molar-refractivity contribution in [2.45, 2.75) is 6.92 Å². The van der Waals surface area contributed by atoms with Gasteiger partial charge in [-0.1, -0.05) is 109 Å². The van der Waals surface area contributed by atoms with Crippen LogP contribution in [0.25, 0.3) is 65.7 Å². The maximum Gasteiger partial charge on any atom is 0.118 e. The average molecular weight is 668 g/mol. The molecule has 5 nitrogen and oxygen atoms in total. The quantitative estimate of drug-likeness (QED) is 0.105. The predicted octanol–water partition coefficient (Wildman–Crippen LogP) is 11.5. The predicted molar refractivity (Wildman–Crippen MR) is 218 cm³/mol. The molecule has 52 heavy (non-hydrogen) atoms. The van der Waals surface area contributed by atoms with Crippen molar-refractivity contribution in [2.75, 3.05) is 5.43 Å². The zero-order valence-corrected chi connectivity index (χ0v) is 28.5. The standard InChI is InChI=1S/C47H33N5/c1-30-17-26-43(50-29-30)41-25-24-40(42-16-8-9-27-49-42)46(48)47(41)52-51-35-22-20-32(21-23-35)44-36-12-4-6-14-38(36)45(39-15-7-5-13-37(39)44)34-19-18-31-10-2-3-11-33(31)28-34/h2-29,48,51H,1H3/b48-46?,52-47-. The summed E-state index contributed by atoms with van der Waals surface area (Å²) < 4.78 is 0. The molecule has 2 N–H and O–H groups in total. The highest BCUT2D eigenvalue weighted by molar-refractivity contribution is 6.69. The Morgan fingerprint density at radius 3 is 1.79 bits per heavy atom. The Bertz CT molecular complexity index is 2700. The molecule has 9 rings (SSSR count). The molecule has 0 unspecified atom stereocenters. The van der Waals surface area contributed by atoms with Crippen LogP contribution in [0.5, 0.6) is 0 Å². The van der Waals surface area contributed by atoms with Crippen molar-refractivity contribution in [2.24, 2.45) is 5.10 Å². The number of nitrogens with zero attached hydrogens (tertiary/aromatic N) is 3. The van der Waals surface area contributed by atoms with E-state index < -0.39 is 0 Å². The number of allylic oxidation sites excluding steroid dienone is 4. The lowest BCUT2D eigenvalue weighted by molar-refractivity contribution is 1.23. The van der Waals surface area contributed by atoms with Gasteiger partial charge in [0.05, 0.1) is 22.8 Å². The van der Waals surface area contributed by atoms with Gasteiger partial charge in [0.25, 0.3) is 0 Å². The number of fused-ring (bicyclic) bond motifs is 3. The Kier molecular flexibility index (Phi) is 7.79. The molecular formula is C47H33N5. The Morgan fingerprint density at radius 1 is 0.538 bits per heavy atom. The van der Waals surface area contributed by atoms with E-state index in [0.29, 0.717) is 11.3 Å². The van der Waals surface area contributed by atoms with E-state index in [1.807, 2.05) is 55.6 Å². The summed E-state index contributed by atoms with van der Waals surface area (Å²) in [5, 5.41) is 21.3. The van der Waals surface area contributed by atoms with Crippen LogP contribution in [-0.2, 0) is 0 Å². The molecule has 2 aromatic heterocycles. The normalized spacial score (nSPS) is 13.8. The lowest BCUT2D eigenvalue weighted by Gasteiger charge is -2.19. The van der Waals surface area contributed by atoms with E-state index in [-0.39, 0.29) is 5.71 Å². The van der Waals surface area contributed by atoms with Gasteiger partial charge in [-0.2, -0.15) is 5.10 Å². The second-order valence-electron chi connectivity index (χ2n) is 13.0. The number of hydrazone groups is 1. The summed E-state index contributed by atoms with van der Waals surface area (Å²) in [6.07, 6.45) is 7.48. The molecule has 6 aromatic carbocycles. The van der Waals surface area contributed by atoms with Gasteiger partial charge in [-0.3, -0.25) is 20.8 Å². The van der Waals surface area contributed by atoms with E-state index in [2.05, 4.69) is 131 Å². The minimum atomic E-state index is 0.284. The van der Waals surface area contributed by atoms with Crippen LogP contribution in [0.1, 0.15) is 17.0 Å². The third kappa shape index (κ3) is 5.55. The molecule has 0 atom stereocenters. The topological polar surface area (TPSA) is 74.0 Å². The highest BCUT2D eigenvalue weighted by atomic mass is 15.3. The van der Waals surface area contributed by atoms with Crippen molar-refractivity contribution in [3.63, 3.8) is 0 Å². The number of anilines is 1. The molecule has 0 saturated heterocycles. The molecule has 0 saturated carbocycles. The average Bonchev–Trinajstić information content (AvgIpc) is 3.20. The third-order valence-corrected chi connectivity index (χ3v) is 9.75. The number of rotatable bonds is 6. The molecule has 2 heterocycles. The first kappa shape index (κ1) is 31.0. The molecule has 5 heteroatoms. The van der Waals surface area contributed by atoms with Crippen LogP contribution in [0.4, 0.5) is 5.69 Å². The highest BCUT2D eigenvalue weighted by Crippen LogP contribution is 2.44. The maximum atomic E-state index is 9.20. The number of aromatic nitrogens is 2. The monoisotopic (exact) mass is 667 g/mol. The van der Waals surface area contributed by atoms with E-state index in [9.17, 15) is 5.41 Å². The van der Waals surface area contributed by atoms with Crippen LogP contribution in [0.3, 0.4) is 0 Å². The van der Waals surface area contributed by atoms with Gasteiger partial charge in [-0.05, 0) is 116 Å². The van der Waals surface area contributed by atoms with Gasteiger partial charge >= 0.3 is 0 Å². The Morgan fingerprint density at radius 2 is 1.13 bits per heavy atom. The van der Waals surface area contributed by atoms with Crippen molar-refractivity contribution in [3.8, 4) is 22.3 Å². The molecule has 246 valence electrons. The number of nitrogens with one attached hydrogen (secondary N) is 2. The summed E-state index contributed by atoms with van der Waals surface area (Å²) in [7, 11) is 0. The van der Waals surface area contributed by atoms with Crippen LogP contribution < -0.4 is 5.43 Å². The van der Waals surface area contributed by atoms with E-state index in [1.54, 1.807) is 6.20 Å². The number of aryl methyl sites for hydroxylation is 1. The first-order chi connectivity index (χ1) is 25.6. The molecule has 0 fully saturated rings. The van der Waals surface area contributed by atoms with Crippen LogP contribution in [0.2, 0.25) is 0 Å². The fourth-order valence-electron chi connectivity index (χ4n) is 7.20. The van der Waals surface area contributed by atoms with Crippen LogP contribution in [0, 0.1) is 12.3 Å². The summed E-state index contributed by atoms with van der Waals surface area (Å²) in [5.74, 6) is 0. The smallest absolute Gasteiger partial charge is 0.118 e. The Hall–Kier alpha value is -6.98. The Labute approximate surface area is 301 Å². The molecule has 0 spiro atoms. The molecule has 0 radical (unpaired) electrons. The van der Waals surface area contributed by atoms with Crippen molar-refractivity contribution >= 4 is 60.6 Å². The van der Waals surface area contributed by atoms with Crippen molar-refractivity contribution < 1.29 is 0 Å². The van der Waals surface area contributed by atoms with Gasteiger partial charge in [0.2, 0.25) is 0 Å². The van der Waals surface area contributed by atoms with Crippen molar-refractivity contribution in [1.82, 2.24) is 9.97 Å². The summed E-state index contributed by atoms with van der Waals surface area (Å²) in [6.45, 7) is 2.01. The van der Waals surface area contributed by atoms with Gasteiger partial charge in [0.1, 0.15) is 5.71 Å². The molecular weight excluding hydrogens is 635 g/mol. The van der Waals surface area contributed by atoms with Gasteiger partial charge in [-0.25, -0.2) is 0 Å². The lowest BCUT2D eigenvalue weighted by Crippen LogP contribution is -2.22. The fraction of sp³-hybridized carbons (Fsp3) is 0.0213. The first-order valence-electron chi connectivity index (χ1n) is 17.4. The lowest BCUT2D eigenvalue weighted by atomic mass is 9.85. The minimum Gasteiger partial charge on any atom is -0.298 e. The zero-order chi connectivity index (χ0) is 35.0. The van der Waals surface area contributed by atoms with E-state index >= 15 is 0 Å². The van der Waals surface area contributed by atoms with Gasteiger partial charge in [-0.15, -0.1) is 0 Å². The van der Waals surface area contributed by atoms with Crippen LogP contribution in [-0.4, -0.2) is 21.4 Å². The largest absolute Gasteiger partial charge is 0.298 e. The minimum absolute atomic E-state index is 0.284. The second-order valence-corrected chi connectivity index (χ2v) is 13.0. The van der Waals surface area contributed by atoms with Gasteiger partial charge in [0.15, 0.2) is 0 Å². The summed E-state index contributed by atoms with van der Waals surface area (Å²) in [6, 6.07) is 50.9. The number of pyridine rings is 2. The Balaban J connectivity index is 1.11. The molecule has 8 aromatic rings. The van der Waals surface area contributed by atoms with Crippen molar-refractivity contribution in [3.05, 3.63) is 187 Å². The number of hydrogen-bond donors (Lipinski definition) is 2. The molecule has 0 aliphatic heterocycles. The zero-order valence-electron chi connectivity index (χ0n) is 28.5. The SMILES string of the molecule is Cc1ccc(C2=CC=C(c3ccccn3)C(=N)/C2=N\Nc2ccc(-c3c4ccccc4c(-c4ccc5ccccc5c4)c4ccccc34)cc2)nc1. The van der Waals surface area contributed by atoms with Crippen molar-refractivity contribution in [1.29, 1.82) is 5.41 Å².